The molecule has 1 atom stereocenters. The van der Waals surface area contributed by atoms with Crippen LogP contribution in [0.1, 0.15) is 96.8 Å². The summed E-state index contributed by atoms with van der Waals surface area (Å²) in [5.41, 5.74) is 1.25. The van der Waals surface area contributed by atoms with E-state index in [2.05, 4.69) is 48.8 Å². The quantitative estimate of drug-likeness (QED) is 0.221. The molecule has 0 bridgehead atoms. The van der Waals surface area contributed by atoms with Gasteiger partial charge in [-0.3, -0.25) is 0 Å². The minimum absolute atomic E-state index is 0.551. The molecule has 0 radical (unpaired) electrons. The fourth-order valence-electron chi connectivity index (χ4n) is 3.32. The lowest BCUT2D eigenvalue weighted by molar-refractivity contribution is 0.536. The van der Waals surface area contributed by atoms with Gasteiger partial charge in [0.05, 0.1) is 5.37 Å². The molecular weight excluding hydrogens is 322 g/mol. The summed E-state index contributed by atoms with van der Waals surface area (Å²) in [7, 11) is 0. The maximum atomic E-state index is 3.64. The van der Waals surface area contributed by atoms with Crippen LogP contribution in [-0.4, -0.2) is 11.6 Å². The molecule has 0 fully saturated rings. The van der Waals surface area contributed by atoms with Crippen molar-refractivity contribution in [2.75, 3.05) is 11.6 Å². The molecule has 0 heterocycles. The number of nitrogens with one attached hydrogen (secondary N) is 1. The van der Waals surface area contributed by atoms with Gasteiger partial charge in [0, 0.05) is 5.69 Å². The lowest BCUT2D eigenvalue weighted by Crippen LogP contribution is -2.14. The summed E-state index contributed by atoms with van der Waals surface area (Å²) in [5, 5.41) is 4.19. The fourth-order valence-corrected chi connectivity index (χ4v) is 3.97. The van der Waals surface area contributed by atoms with E-state index < -0.39 is 0 Å². The Hall–Kier alpha value is -0.630. The van der Waals surface area contributed by atoms with E-state index in [1.165, 1.54) is 95.6 Å². The highest BCUT2D eigenvalue weighted by atomic mass is 32.2. The van der Waals surface area contributed by atoms with Gasteiger partial charge >= 0.3 is 0 Å². The number of unbranched alkanes of at least 4 members (excludes halogenated alkanes) is 12. The summed E-state index contributed by atoms with van der Waals surface area (Å²) in [6.45, 7) is 2.29. The highest BCUT2D eigenvalue weighted by molar-refractivity contribution is 7.99. The number of thioether (sulfide) groups is 1. The molecule has 0 saturated heterocycles. The van der Waals surface area contributed by atoms with Gasteiger partial charge in [0.15, 0.2) is 0 Å². The molecule has 144 valence electrons. The SMILES string of the molecule is CCCCCCCCCCCCCCCC(Nc1ccccc1)SC. The van der Waals surface area contributed by atoms with Crippen LogP contribution in [0.15, 0.2) is 30.3 Å². The van der Waals surface area contributed by atoms with Crippen LogP contribution in [0.5, 0.6) is 0 Å². The molecule has 0 aliphatic carbocycles. The van der Waals surface area contributed by atoms with E-state index in [0.717, 1.165) is 0 Å². The van der Waals surface area contributed by atoms with Crippen molar-refractivity contribution >= 4 is 17.4 Å². The van der Waals surface area contributed by atoms with Gasteiger partial charge in [-0.05, 0) is 24.8 Å². The molecule has 1 rings (SSSR count). The molecule has 1 N–H and O–H groups in total. The Bertz CT molecular complexity index is 379. The van der Waals surface area contributed by atoms with Crippen molar-refractivity contribution in [1.82, 2.24) is 0 Å². The van der Waals surface area contributed by atoms with Crippen molar-refractivity contribution in [3.05, 3.63) is 30.3 Å². The summed E-state index contributed by atoms with van der Waals surface area (Å²) >= 11 is 1.94. The second kappa shape index (κ2) is 16.8. The molecule has 0 aliphatic heterocycles. The topological polar surface area (TPSA) is 12.0 Å². The molecule has 1 nitrogen and oxygen atoms in total. The van der Waals surface area contributed by atoms with Gasteiger partial charge in [0.1, 0.15) is 0 Å². The summed E-state index contributed by atoms with van der Waals surface area (Å²) in [4.78, 5) is 0. The predicted octanol–water partition coefficient (Wildman–Crippen LogP) is 8.27. The second-order valence-electron chi connectivity index (χ2n) is 7.27. The Morgan fingerprint density at radius 2 is 1.20 bits per heavy atom. The van der Waals surface area contributed by atoms with Crippen molar-refractivity contribution in [2.24, 2.45) is 0 Å². The Morgan fingerprint density at radius 3 is 1.68 bits per heavy atom. The van der Waals surface area contributed by atoms with Crippen LogP contribution in [0.2, 0.25) is 0 Å². The summed E-state index contributed by atoms with van der Waals surface area (Å²) in [6.07, 6.45) is 22.1. The fraction of sp³-hybridized carbons (Fsp3) is 0.739. The molecule has 25 heavy (non-hydrogen) atoms. The Labute approximate surface area is 161 Å². The number of hydrogen-bond donors (Lipinski definition) is 1. The van der Waals surface area contributed by atoms with Gasteiger partial charge < -0.3 is 5.32 Å². The molecule has 0 saturated carbocycles. The van der Waals surface area contributed by atoms with Crippen molar-refractivity contribution in [3.63, 3.8) is 0 Å². The minimum atomic E-state index is 0.551. The van der Waals surface area contributed by atoms with E-state index in [1.807, 2.05) is 11.8 Å². The highest BCUT2D eigenvalue weighted by Gasteiger charge is 2.05. The summed E-state index contributed by atoms with van der Waals surface area (Å²) in [6, 6.07) is 10.6. The van der Waals surface area contributed by atoms with Crippen molar-refractivity contribution in [2.45, 2.75) is 102 Å². The van der Waals surface area contributed by atoms with Crippen LogP contribution in [0, 0.1) is 0 Å². The number of hydrogen-bond acceptors (Lipinski definition) is 2. The van der Waals surface area contributed by atoms with Gasteiger partial charge in [-0.25, -0.2) is 0 Å². The van der Waals surface area contributed by atoms with Crippen molar-refractivity contribution < 1.29 is 0 Å². The van der Waals surface area contributed by atoms with Crippen LogP contribution in [0.25, 0.3) is 0 Å². The van der Waals surface area contributed by atoms with Crippen molar-refractivity contribution in [3.8, 4) is 0 Å². The highest BCUT2D eigenvalue weighted by Crippen LogP contribution is 2.19. The first kappa shape index (κ1) is 22.4. The van der Waals surface area contributed by atoms with E-state index >= 15 is 0 Å². The third kappa shape index (κ3) is 13.3. The molecule has 0 amide bonds. The van der Waals surface area contributed by atoms with E-state index in [4.69, 9.17) is 0 Å². The number of para-hydroxylation sites is 1. The number of benzene rings is 1. The standard InChI is InChI=1S/C23H41NS/c1-3-4-5-6-7-8-9-10-11-12-13-14-18-21-23(25-2)24-22-19-16-15-17-20-22/h15-17,19-20,23-24H,3-14,18,21H2,1-2H3. The van der Waals surface area contributed by atoms with Crippen LogP contribution in [-0.2, 0) is 0 Å². The number of rotatable bonds is 17. The Balaban J connectivity index is 1.87. The van der Waals surface area contributed by atoms with Gasteiger partial charge in [-0.1, -0.05) is 109 Å². The number of anilines is 1. The third-order valence-electron chi connectivity index (χ3n) is 4.96. The largest absolute Gasteiger partial charge is 0.373 e. The maximum absolute atomic E-state index is 3.64. The summed E-state index contributed by atoms with van der Waals surface area (Å²) < 4.78 is 0. The average Bonchev–Trinajstić information content (AvgIpc) is 2.65. The van der Waals surface area contributed by atoms with Gasteiger partial charge in [-0.15, -0.1) is 11.8 Å². The second-order valence-corrected chi connectivity index (χ2v) is 8.31. The average molecular weight is 364 g/mol. The zero-order chi connectivity index (χ0) is 18.0. The Morgan fingerprint density at radius 1 is 0.720 bits per heavy atom. The first-order valence-corrected chi connectivity index (χ1v) is 12.0. The first-order chi connectivity index (χ1) is 12.4. The lowest BCUT2D eigenvalue weighted by Gasteiger charge is -2.17. The molecule has 0 aliphatic rings. The molecule has 1 aromatic rings. The first-order valence-electron chi connectivity index (χ1n) is 10.7. The zero-order valence-corrected chi connectivity index (χ0v) is 17.6. The van der Waals surface area contributed by atoms with Crippen molar-refractivity contribution in [1.29, 1.82) is 0 Å². The van der Waals surface area contributed by atoms with Gasteiger partial charge in [0.2, 0.25) is 0 Å². The predicted molar refractivity (Wildman–Crippen MR) is 118 cm³/mol. The Kier molecular flexibility index (Phi) is 15.1. The molecule has 0 aromatic heterocycles. The van der Waals surface area contributed by atoms with E-state index in [-0.39, 0.29) is 0 Å². The minimum Gasteiger partial charge on any atom is -0.373 e. The van der Waals surface area contributed by atoms with Gasteiger partial charge in [-0.2, -0.15) is 0 Å². The molecule has 1 unspecified atom stereocenters. The van der Waals surface area contributed by atoms with E-state index in [0.29, 0.717) is 5.37 Å². The van der Waals surface area contributed by atoms with E-state index in [9.17, 15) is 0 Å². The third-order valence-corrected chi connectivity index (χ3v) is 5.88. The van der Waals surface area contributed by atoms with Gasteiger partial charge in [0.25, 0.3) is 0 Å². The normalized spacial score (nSPS) is 12.2. The van der Waals surface area contributed by atoms with E-state index in [1.54, 1.807) is 0 Å². The van der Waals surface area contributed by atoms with Crippen LogP contribution >= 0.6 is 11.8 Å². The zero-order valence-electron chi connectivity index (χ0n) is 16.8. The molecule has 2 heteroatoms. The maximum Gasteiger partial charge on any atom is 0.0719 e. The summed E-state index contributed by atoms with van der Waals surface area (Å²) in [5.74, 6) is 0. The monoisotopic (exact) mass is 363 g/mol. The van der Waals surface area contributed by atoms with Crippen LogP contribution in [0.4, 0.5) is 5.69 Å². The van der Waals surface area contributed by atoms with Crippen LogP contribution < -0.4 is 5.32 Å². The smallest absolute Gasteiger partial charge is 0.0719 e. The molecule has 1 aromatic carbocycles. The lowest BCUT2D eigenvalue weighted by atomic mass is 10.0. The molecular formula is C23H41NS. The molecule has 0 spiro atoms. The van der Waals surface area contributed by atoms with Crippen LogP contribution in [0.3, 0.4) is 0 Å².